The van der Waals surface area contributed by atoms with Crippen molar-refractivity contribution in [3.63, 3.8) is 0 Å². The van der Waals surface area contributed by atoms with Crippen LogP contribution in [0.5, 0.6) is 0 Å². The van der Waals surface area contributed by atoms with E-state index in [1.807, 2.05) is 18.3 Å². The Balaban J connectivity index is 1.54. The maximum absolute atomic E-state index is 11.7. The van der Waals surface area contributed by atoms with Gasteiger partial charge in [-0.2, -0.15) is 0 Å². The lowest BCUT2D eigenvalue weighted by Gasteiger charge is -2.46. The molecule has 0 unspecified atom stereocenters. The molecule has 3 aromatic rings. The topological polar surface area (TPSA) is 70.2 Å². The molecular weight excluding hydrogens is 402 g/mol. The molecule has 2 aromatic heterocycles. The van der Waals surface area contributed by atoms with Crippen molar-refractivity contribution in [1.82, 2.24) is 14.7 Å². The van der Waals surface area contributed by atoms with Crippen molar-refractivity contribution in [2.24, 2.45) is 5.92 Å². The molecule has 1 aromatic carbocycles. The molecular formula is C26H29N3O3. The summed E-state index contributed by atoms with van der Waals surface area (Å²) in [5.41, 5.74) is 5.69. The summed E-state index contributed by atoms with van der Waals surface area (Å²) < 4.78 is 12.9. The van der Waals surface area contributed by atoms with Crippen LogP contribution in [0.1, 0.15) is 67.2 Å². The number of aromatic nitrogens is 3. The minimum atomic E-state index is -0.326. The lowest BCUT2D eigenvalue weighted by Crippen LogP contribution is -2.44. The maximum Gasteiger partial charge on any atom is 0.330 e. The van der Waals surface area contributed by atoms with Crippen molar-refractivity contribution in [3.05, 3.63) is 70.6 Å². The SMILES string of the molecule is CCOC(=O)/C=C/c1cccc(-n2c(C)nc3c2CC[C@H]2[C@H](C)c4oncc4C[C@]32C)c1. The number of fused-ring (bicyclic) bond motifs is 4. The van der Waals surface area contributed by atoms with Crippen molar-refractivity contribution in [3.8, 4) is 5.69 Å². The Morgan fingerprint density at radius 1 is 1.41 bits per heavy atom. The summed E-state index contributed by atoms with van der Waals surface area (Å²) in [4.78, 5) is 16.8. The highest BCUT2D eigenvalue weighted by Gasteiger charge is 2.50. The molecule has 2 aliphatic carbocycles. The van der Waals surface area contributed by atoms with Crippen LogP contribution >= 0.6 is 0 Å². The van der Waals surface area contributed by atoms with E-state index in [0.717, 1.165) is 42.1 Å². The molecule has 2 aliphatic rings. The first-order chi connectivity index (χ1) is 15.4. The van der Waals surface area contributed by atoms with E-state index < -0.39 is 0 Å². The number of esters is 1. The van der Waals surface area contributed by atoms with Crippen LogP contribution in [0.15, 0.2) is 41.1 Å². The molecule has 6 heteroatoms. The monoisotopic (exact) mass is 431 g/mol. The number of hydrogen-bond acceptors (Lipinski definition) is 5. The van der Waals surface area contributed by atoms with Crippen LogP contribution in [0.25, 0.3) is 11.8 Å². The predicted molar refractivity (Wildman–Crippen MR) is 122 cm³/mol. The maximum atomic E-state index is 11.7. The molecule has 0 saturated heterocycles. The molecule has 5 rings (SSSR count). The highest BCUT2D eigenvalue weighted by Crippen LogP contribution is 2.53. The quantitative estimate of drug-likeness (QED) is 0.433. The zero-order valence-corrected chi connectivity index (χ0v) is 19.1. The Kier molecular flexibility index (Phi) is 5.03. The van der Waals surface area contributed by atoms with Crippen LogP contribution in [0.2, 0.25) is 0 Å². The first kappa shape index (κ1) is 20.7. The largest absolute Gasteiger partial charge is 0.463 e. The van der Waals surface area contributed by atoms with Crippen LogP contribution in [-0.4, -0.2) is 27.3 Å². The minimum Gasteiger partial charge on any atom is -0.463 e. The van der Waals surface area contributed by atoms with E-state index in [1.165, 1.54) is 23.0 Å². The number of carbonyl (C=O) groups excluding carboxylic acids is 1. The van der Waals surface area contributed by atoms with Gasteiger partial charge < -0.3 is 13.8 Å². The van der Waals surface area contributed by atoms with Gasteiger partial charge in [0.15, 0.2) is 0 Å². The number of carbonyl (C=O) groups is 1. The van der Waals surface area contributed by atoms with E-state index in [1.54, 1.807) is 13.0 Å². The van der Waals surface area contributed by atoms with Gasteiger partial charge in [0.25, 0.3) is 0 Å². The van der Waals surface area contributed by atoms with E-state index in [2.05, 4.69) is 42.6 Å². The van der Waals surface area contributed by atoms with Crippen molar-refractivity contribution >= 4 is 12.0 Å². The smallest absolute Gasteiger partial charge is 0.330 e. The van der Waals surface area contributed by atoms with Crippen LogP contribution in [0.4, 0.5) is 0 Å². The lowest BCUT2D eigenvalue weighted by molar-refractivity contribution is -0.137. The van der Waals surface area contributed by atoms with Crippen molar-refractivity contribution in [2.75, 3.05) is 6.61 Å². The van der Waals surface area contributed by atoms with Gasteiger partial charge in [-0.25, -0.2) is 9.78 Å². The van der Waals surface area contributed by atoms with Gasteiger partial charge >= 0.3 is 5.97 Å². The fourth-order valence-corrected chi connectivity index (χ4v) is 5.89. The average molecular weight is 432 g/mol. The molecule has 0 amide bonds. The molecule has 6 nitrogen and oxygen atoms in total. The van der Waals surface area contributed by atoms with Crippen molar-refractivity contribution in [1.29, 1.82) is 0 Å². The van der Waals surface area contributed by atoms with Crippen molar-refractivity contribution < 1.29 is 14.1 Å². The van der Waals surface area contributed by atoms with Gasteiger partial charge in [-0.3, -0.25) is 0 Å². The molecule has 166 valence electrons. The third-order valence-corrected chi connectivity index (χ3v) is 7.27. The van der Waals surface area contributed by atoms with Gasteiger partial charge in [-0.1, -0.05) is 31.1 Å². The normalized spacial score (nSPS) is 24.1. The number of aryl methyl sites for hydroxylation is 1. The molecule has 0 radical (unpaired) electrons. The fraction of sp³-hybridized carbons (Fsp3) is 0.423. The van der Waals surface area contributed by atoms with E-state index in [0.29, 0.717) is 18.4 Å². The van der Waals surface area contributed by atoms with Gasteiger partial charge in [0, 0.05) is 34.4 Å². The summed E-state index contributed by atoms with van der Waals surface area (Å²) in [6.45, 7) is 8.88. The first-order valence-corrected chi connectivity index (χ1v) is 11.4. The second-order valence-corrected chi connectivity index (χ2v) is 9.21. The van der Waals surface area contributed by atoms with Crippen LogP contribution < -0.4 is 0 Å². The van der Waals surface area contributed by atoms with E-state index in [-0.39, 0.29) is 11.4 Å². The molecule has 0 aliphatic heterocycles. The molecule has 0 saturated carbocycles. The predicted octanol–water partition coefficient (Wildman–Crippen LogP) is 4.92. The summed E-state index contributed by atoms with van der Waals surface area (Å²) in [6.07, 6.45) is 8.14. The Hall–Kier alpha value is -3.15. The molecule has 0 spiro atoms. The molecule has 0 N–H and O–H groups in total. The summed E-state index contributed by atoms with van der Waals surface area (Å²) in [5, 5.41) is 4.08. The third-order valence-electron chi connectivity index (χ3n) is 7.27. The second kappa shape index (κ2) is 7.76. The zero-order chi connectivity index (χ0) is 22.5. The van der Waals surface area contributed by atoms with Crippen LogP contribution in [-0.2, 0) is 27.8 Å². The van der Waals surface area contributed by atoms with Gasteiger partial charge in [0.1, 0.15) is 11.6 Å². The highest BCUT2D eigenvalue weighted by atomic mass is 16.5. The summed E-state index contributed by atoms with van der Waals surface area (Å²) >= 11 is 0. The Morgan fingerprint density at radius 3 is 3.06 bits per heavy atom. The minimum absolute atomic E-state index is 0.0387. The number of imidazole rings is 1. The van der Waals surface area contributed by atoms with Crippen LogP contribution in [0.3, 0.4) is 0 Å². The lowest BCUT2D eigenvalue weighted by atomic mass is 9.57. The van der Waals surface area contributed by atoms with Gasteiger partial charge in [0.2, 0.25) is 0 Å². The number of ether oxygens (including phenoxy) is 1. The Bertz CT molecular complexity index is 1200. The van der Waals surface area contributed by atoms with E-state index >= 15 is 0 Å². The molecule has 0 bridgehead atoms. The first-order valence-electron chi connectivity index (χ1n) is 11.4. The molecule has 32 heavy (non-hydrogen) atoms. The average Bonchev–Trinajstić information content (AvgIpc) is 3.37. The Morgan fingerprint density at radius 2 is 2.25 bits per heavy atom. The highest BCUT2D eigenvalue weighted by molar-refractivity contribution is 5.87. The van der Waals surface area contributed by atoms with Gasteiger partial charge in [-0.15, -0.1) is 0 Å². The number of benzene rings is 1. The molecule has 2 heterocycles. The third kappa shape index (κ3) is 3.20. The van der Waals surface area contributed by atoms with E-state index in [9.17, 15) is 4.79 Å². The standard InChI is InChI=1S/C26H29N3O3/c1-5-31-23(30)12-9-18-7-6-8-20(13-18)29-17(3)28-25-22(29)11-10-21-16(2)24-19(15-27-32-24)14-26(21,25)4/h6-9,12-13,15-16,21H,5,10-11,14H2,1-4H3/b12-9+/t16-,21-,26-/m0/s1. The fourth-order valence-electron chi connectivity index (χ4n) is 5.89. The summed E-state index contributed by atoms with van der Waals surface area (Å²) in [7, 11) is 0. The van der Waals surface area contributed by atoms with Gasteiger partial charge in [-0.05, 0) is 62.8 Å². The van der Waals surface area contributed by atoms with Gasteiger partial charge in [0.05, 0.1) is 18.5 Å². The van der Waals surface area contributed by atoms with Crippen LogP contribution in [0, 0.1) is 12.8 Å². The van der Waals surface area contributed by atoms with Crippen molar-refractivity contribution in [2.45, 2.75) is 58.3 Å². The van der Waals surface area contributed by atoms with E-state index in [4.69, 9.17) is 14.2 Å². The Labute approximate surface area is 188 Å². The summed E-state index contributed by atoms with van der Waals surface area (Å²) in [5.74, 6) is 2.53. The molecule has 3 atom stereocenters. The zero-order valence-electron chi connectivity index (χ0n) is 19.1. The summed E-state index contributed by atoms with van der Waals surface area (Å²) in [6, 6.07) is 8.21. The number of rotatable bonds is 4. The number of nitrogens with zero attached hydrogens (tertiary/aromatic N) is 3. The second-order valence-electron chi connectivity index (χ2n) is 9.21. The molecule has 0 fully saturated rings. The number of hydrogen-bond donors (Lipinski definition) is 0.